The number of anilines is 1. The topological polar surface area (TPSA) is 46.9 Å². The molecule has 1 aliphatic carbocycles. The molecule has 3 aromatic rings. The van der Waals surface area contributed by atoms with Gasteiger partial charge in [0.1, 0.15) is 5.69 Å². The van der Waals surface area contributed by atoms with Crippen molar-refractivity contribution in [1.29, 1.82) is 0 Å². The molecule has 0 saturated heterocycles. The van der Waals surface area contributed by atoms with Gasteiger partial charge in [0.05, 0.1) is 10.7 Å². The first kappa shape index (κ1) is 14.7. The lowest BCUT2D eigenvalue weighted by Crippen LogP contribution is -2.16. The molecule has 2 aromatic heterocycles. The van der Waals surface area contributed by atoms with Crippen LogP contribution in [0.4, 0.5) is 5.13 Å². The van der Waals surface area contributed by atoms with E-state index in [4.69, 9.17) is 11.6 Å². The number of carbonyl (C=O) groups is 1. The average Bonchev–Trinajstić information content (AvgIpc) is 3.07. The minimum atomic E-state index is -0.209. The van der Waals surface area contributed by atoms with Gasteiger partial charge in [-0.2, -0.15) is 0 Å². The number of hydrogen-bond acceptors (Lipinski definition) is 3. The van der Waals surface area contributed by atoms with Crippen LogP contribution in [0.5, 0.6) is 0 Å². The molecule has 4 rings (SSSR count). The molecule has 6 heteroatoms. The summed E-state index contributed by atoms with van der Waals surface area (Å²) in [7, 11) is 1.86. The Labute approximate surface area is 143 Å². The van der Waals surface area contributed by atoms with Gasteiger partial charge in [0.2, 0.25) is 0 Å². The minimum Gasteiger partial charge on any atom is -0.338 e. The Morgan fingerprint density at radius 3 is 2.87 bits per heavy atom. The summed E-state index contributed by atoms with van der Waals surface area (Å²) < 4.78 is 1.83. The Kier molecular flexibility index (Phi) is 3.62. The summed E-state index contributed by atoms with van der Waals surface area (Å²) in [6.07, 6.45) is 4.46. The van der Waals surface area contributed by atoms with Gasteiger partial charge < -0.3 is 4.57 Å². The van der Waals surface area contributed by atoms with E-state index in [1.165, 1.54) is 17.7 Å². The highest BCUT2D eigenvalue weighted by Crippen LogP contribution is 2.32. The Bertz CT molecular complexity index is 850. The smallest absolute Gasteiger partial charge is 0.275 e. The van der Waals surface area contributed by atoms with E-state index in [2.05, 4.69) is 10.3 Å². The first-order valence-corrected chi connectivity index (χ1v) is 8.87. The number of amides is 1. The highest BCUT2D eigenvalue weighted by molar-refractivity contribution is 7.15. The van der Waals surface area contributed by atoms with Crippen LogP contribution < -0.4 is 5.32 Å². The van der Waals surface area contributed by atoms with Crippen molar-refractivity contribution in [2.75, 3.05) is 5.32 Å². The van der Waals surface area contributed by atoms with E-state index in [1.54, 1.807) is 11.3 Å². The molecule has 4 nitrogen and oxygen atoms in total. The maximum atomic E-state index is 12.7. The van der Waals surface area contributed by atoms with Crippen LogP contribution in [0.15, 0.2) is 24.3 Å². The predicted molar refractivity (Wildman–Crippen MR) is 94.6 cm³/mol. The second kappa shape index (κ2) is 5.65. The number of aromatic nitrogens is 2. The molecule has 0 atom stereocenters. The number of halogens is 1. The van der Waals surface area contributed by atoms with Crippen LogP contribution in [-0.4, -0.2) is 15.5 Å². The van der Waals surface area contributed by atoms with Gasteiger partial charge in [0, 0.05) is 22.8 Å². The number of rotatable bonds is 2. The lowest BCUT2D eigenvalue weighted by Gasteiger charge is -2.06. The maximum Gasteiger partial charge on any atom is 0.275 e. The van der Waals surface area contributed by atoms with Crippen molar-refractivity contribution in [3.8, 4) is 0 Å². The summed E-state index contributed by atoms with van der Waals surface area (Å²) in [5.74, 6) is -0.209. The summed E-state index contributed by atoms with van der Waals surface area (Å²) in [5, 5.41) is 4.97. The second-order valence-corrected chi connectivity index (χ2v) is 7.25. The SMILES string of the molecule is Cn1c(C(=O)Nc2nc3c(s2)CCCC3)c(Cl)c2ccccc21. The first-order valence-electron chi connectivity index (χ1n) is 7.68. The molecule has 1 aliphatic rings. The van der Waals surface area contributed by atoms with Crippen molar-refractivity contribution < 1.29 is 4.79 Å². The Morgan fingerprint density at radius 2 is 2.09 bits per heavy atom. The van der Waals surface area contributed by atoms with E-state index >= 15 is 0 Å². The number of hydrogen-bond donors (Lipinski definition) is 1. The molecular weight excluding hydrogens is 330 g/mol. The molecule has 23 heavy (non-hydrogen) atoms. The fourth-order valence-electron chi connectivity index (χ4n) is 3.16. The van der Waals surface area contributed by atoms with Crippen molar-refractivity contribution in [3.05, 3.63) is 45.6 Å². The Balaban J connectivity index is 1.68. The van der Waals surface area contributed by atoms with Crippen LogP contribution >= 0.6 is 22.9 Å². The number of nitrogens with one attached hydrogen (secondary N) is 1. The number of benzene rings is 1. The van der Waals surface area contributed by atoms with Crippen molar-refractivity contribution >= 4 is 44.9 Å². The van der Waals surface area contributed by atoms with Crippen LogP contribution in [0.25, 0.3) is 10.9 Å². The molecule has 2 heterocycles. The van der Waals surface area contributed by atoms with Crippen LogP contribution in [0, 0.1) is 0 Å². The summed E-state index contributed by atoms with van der Waals surface area (Å²) in [4.78, 5) is 18.6. The third kappa shape index (κ3) is 2.44. The quantitative estimate of drug-likeness (QED) is 0.747. The first-order chi connectivity index (χ1) is 11.1. The van der Waals surface area contributed by atoms with Crippen molar-refractivity contribution in [2.45, 2.75) is 25.7 Å². The fourth-order valence-corrected chi connectivity index (χ4v) is 4.58. The standard InChI is InChI=1S/C17H16ClN3OS/c1-21-12-8-4-2-6-10(12)14(18)15(21)16(22)20-17-19-11-7-3-5-9-13(11)23-17/h2,4,6,8H,3,5,7,9H2,1H3,(H,19,20,22). The van der Waals surface area contributed by atoms with E-state index in [1.807, 2.05) is 35.9 Å². The van der Waals surface area contributed by atoms with Gasteiger partial charge in [-0.3, -0.25) is 10.1 Å². The molecule has 0 saturated carbocycles. The number of para-hydroxylation sites is 1. The van der Waals surface area contributed by atoms with Gasteiger partial charge >= 0.3 is 0 Å². The summed E-state index contributed by atoms with van der Waals surface area (Å²) >= 11 is 8.01. The van der Waals surface area contributed by atoms with E-state index in [-0.39, 0.29) is 5.91 Å². The van der Waals surface area contributed by atoms with Gasteiger partial charge in [-0.25, -0.2) is 4.98 Å². The largest absolute Gasteiger partial charge is 0.338 e. The number of nitrogens with zero attached hydrogens (tertiary/aromatic N) is 2. The zero-order valence-electron chi connectivity index (χ0n) is 12.7. The van der Waals surface area contributed by atoms with E-state index in [9.17, 15) is 4.79 Å². The van der Waals surface area contributed by atoms with E-state index in [0.29, 0.717) is 15.8 Å². The molecule has 0 unspecified atom stereocenters. The summed E-state index contributed by atoms with van der Waals surface area (Å²) in [5.41, 5.74) is 2.56. The second-order valence-electron chi connectivity index (χ2n) is 5.79. The average molecular weight is 346 g/mol. The Hall–Kier alpha value is -1.85. The van der Waals surface area contributed by atoms with Gasteiger partial charge in [-0.05, 0) is 31.7 Å². The third-order valence-corrected chi connectivity index (χ3v) is 5.78. The Morgan fingerprint density at radius 1 is 1.30 bits per heavy atom. The van der Waals surface area contributed by atoms with Gasteiger partial charge in [-0.1, -0.05) is 29.8 Å². The van der Waals surface area contributed by atoms with Crippen LogP contribution in [0.3, 0.4) is 0 Å². The molecular formula is C17H16ClN3OS. The van der Waals surface area contributed by atoms with Crippen molar-refractivity contribution in [3.63, 3.8) is 0 Å². The molecule has 0 aliphatic heterocycles. The summed E-state index contributed by atoms with van der Waals surface area (Å²) in [6, 6.07) is 7.75. The lowest BCUT2D eigenvalue weighted by molar-refractivity contribution is 0.102. The van der Waals surface area contributed by atoms with Crippen LogP contribution in [0.1, 0.15) is 33.9 Å². The fraction of sp³-hybridized carbons (Fsp3) is 0.294. The van der Waals surface area contributed by atoms with Crippen molar-refractivity contribution in [2.24, 2.45) is 7.05 Å². The maximum absolute atomic E-state index is 12.7. The monoisotopic (exact) mass is 345 g/mol. The van der Waals surface area contributed by atoms with Crippen molar-refractivity contribution in [1.82, 2.24) is 9.55 Å². The molecule has 0 bridgehead atoms. The van der Waals surface area contributed by atoms with Gasteiger partial charge in [0.15, 0.2) is 5.13 Å². The van der Waals surface area contributed by atoms with Crippen LogP contribution in [0.2, 0.25) is 5.02 Å². The van der Waals surface area contributed by atoms with E-state index in [0.717, 1.165) is 29.4 Å². The molecule has 0 radical (unpaired) electrons. The summed E-state index contributed by atoms with van der Waals surface area (Å²) in [6.45, 7) is 0. The highest BCUT2D eigenvalue weighted by Gasteiger charge is 2.22. The molecule has 0 fully saturated rings. The third-order valence-electron chi connectivity index (χ3n) is 4.33. The number of carbonyl (C=O) groups excluding carboxylic acids is 1. The minimum absolute atomic E-state index is 0.209. The number of thiazole rings is 1. The molecule has 1 N–H and O–H groups in total. The molecule has 1 amide bonds. The van der Waals surface area contributed by atoms with Gasteiger partial charge in [0.25, 0.3) is 5.91 Å². The molecule has 0 spiro atoms. The molecule has 118 valence electrons. The molecule has 1 aromatic carbocycles. The normalized spacial score (nSPS) is 14.0. The van der Waals surface area contributed by atoms with E-state index < -0.39 is 0 Å². The predicted octanol–water partition coefficient (Wildman–Crippen LogP) is 4.42. The number of fused-ring (bicyclic) bond motifs is 2. The number of aryl methyl sites for hydroxylation is 3. The van der Waals surface area contributed by atoms with Gasteiger partial charge in [-0.15, -0.1) is 11.3 Å². The zero-order valence-corrected chi connectivity index (χ0v) is 14.3. The lowest BCUT2D eigenvalue weighted by atomic mass is 10.0. The highest BCUT2D eigenvalue weighted by atomic mass is 35.5. The zero-order chi connectivity index (χ0) is 16.0. The van der Waals surface area contributed by atoms with Crippen LogP contribution in [-0.2, 0) is 19.9 Å².